The summed E-state index contributed by atoms with van der Waals surface area (Å²) in [4.78, 5) is 13.6. The van der Waals surface area contributed by atoms with Crippen molar-refractivity contribution in [3.05, 3.63) is 34.9 Å². The van der Waals surface area contributed by atoms with Crippen molar-refractivity contribution >= 4 is 17.5 Å². The molecule has 1 aromatic carbocycles. The zero-order valence-electron chi connectivity index (χ0n) is 9.66. The average Bonchev–Trinajstić information content (AvgIpc) is 2.29. The van der Waals surface area contributed by atoms with Crippen molar-refractivity contribution < 1.29 is 4.79 Å². The summed E-state index contributed by atoms with van der Waals surface area (Å²) in [5.74, 6) is 0.0350. The van der Waals surface area contributed by atoms with Gasteiger partial charge in [0, 0.05) is 24.2 Å². The zero-order valence-corrected chi connectivity index (χ0v) is 10.4. The lowest BCUT2D eigenvalue weighted by atomic mass is 10.2. The summed E-state index contributed by atoms with van der Waals surface area (Å²) in [6, 6.07) is 6.96. The summed E-state index contributed by atoms with van der Waals surface area (Å²) in [6.45, 7) is 1.67. The van der Waals surface area contributed by atoms with E-state index in [9.17, 15) is 4.79 Å². The molecule has 0 unspecified atom stereocenters. The molecule has 0 spiro atoms. The van der Waals surface area contributed by atoms with Crippen LogP contribution in [-0.4, -0.2) is 38.0 Å². The third kappa shape index (κ3) is 3.83. The largest absolute Gasteiger partial charge is 0.342 e. The van der Waals surface area contributed by atoms with Crippen LogP contribution in [0.2, 0.25) is 5.02 Å². The highest BCUT2D eigenvalue weighted by Crippen LogP contribution is 2.11. The van der Waals surface area contributed by atoms with Crippen LogP contribution in [0.4, 0.5) is 0 Å². The molecule has 0 heterocycles. The molecule has 1 aromatic rings. The maximum Gasteiger partial charge on any atom is 0.253 e. The van der Waals surface area contributed by atoms with Crippen LogP contribution < -0.4 is 5.32 Å². The smallest absolute Gasteiger partial charge is 0.253 e. The van der Waals surface area contributed by atoms with Gasteiger partial charge in [-0.15, -0.1) is 0 Å². The van der Waals surface area contributed by atoms with E-state index in [1.807, 2.05) is 14.1 Å². The van der Waals surface area contributed by atoms with E-state index in [-0.39, 0.29) is 5.91 Å². The number of benzene rings is 1. The quantitative estimate of drug-likeness (QED) is 0.799. The van der Waals surface area contributed by atoms with Crippen molar-refractivity contribution in [2.24, 2.45) is 0 Å². The van der Waals surface area contributed by atoms with Crippen molar-refractivity contribution in [2.45, 2.75) is 6.42 Å². The van der Waals surface area contributed by atoms with Crippen LogP contribution >= 0.6 is 11.6 Å². The molecule has 0 aliphatic carbocycles. The van der Waals surface area contributed by atoms with E-state index in [2.05, 4.69) is 5.32 Å². The highest BCUT2D eigenvalue weighted by Gasteiger charge is 2.10. The number of amides is 1. The van der Waals surface area contributed by atoms with Crippen LogP contribution in [0.3, 0.4) is 0 Å². The summed E-state index contributed by atoms with van der Waals surface area (Å²) in [6.07, 6.45) is 0.951. The molecule has 3 nitrogen and oxygen atoms in total. The Morgan fingerprint density at radius 3 is 2.56 bits per heavy atom. The SMILES string of the molecule is CNCCCN(C)C(=O)c1ccc(Cl)cc1. The molecule has 0 fully saturated rings. The summed E-state index contributed by atoms with van der Waals surface area (Å²) >= 11 is 5.77. The highest BCUT2D eigenvalue weighted by molar-refractivity contribution is 6.30. The Bertz CT molecular complexity index is 337. The Morgan fingerprint density at radius 1 is 1.38 bits per heavy atom. The number of carbonyl (C=O) groups excluding carboxylic acids is 1. The summed E-state index contributed by atoms with van der Waals surface area (Å²) in [5.41, 5.74) is 0.677. The number of nitrogens with one attached hydrogen (secondary N) is 1. The molecule has 4 heteroatoms. The first kappa shape index (κ1) is 13.0. The van der Waals surface area contributed by atoms with Crippen LogP contribution in [0.15, 0.2) is 24.3 Å². The van der Waals surface area contributed by atoms with E-state index in [1.54, 1.807) is 29.2 Å². The highest BCUT2D eigenvalue weighted by atomic mass is 35.5. The van der Waals surface area contributed by atoms with Gasteiger partial charge < -0.3 is 10.2 Å². The van der Waals surface area contributed by atoms with Gasteiger partial charge in [0.25, 0.3) is 5.91 Å². The molecule has 0 aliphatic rings. The molecule has 0 aliphatic heterocycles. The molecule has 0 radical (unpaired) electrons. The molecule has 1 N–H and O–H groups in total. The zero-order chi connectivity index (χ0) is 12.0. The first-order valence-corrected chi connectivity index (χ1v) is 5.68. The Balaban J connectivity index is 2.53. The predicted molar refractivity (Wildman–Crippen MR) is 67.0 cm³/mol. The Labute approximate surface area is 101 Å². The van der Waals surface area contributed by atoms with Gasteiger partial charge in [0.2, 0.25) is 0 Å². The molecule has 0 atom stereocenters. The monoisotopic (exact) mass is 240 g/mol. The van der Waals surface area contributed by atoms with Gasteiger partial charge in [-0.1, -0.05) is 11.6 Å². The average molecular weight is 241 g/mol. The second kappa shape index (κ2) is 6.51. The lowest BCUT2D eigenvalue weighted by Crippen LogP contribution is -2.29. The maximum absolute atomic E-state index is 11.9. The van der Waals surface area contributed by atoms with Crippen LogP contribution in [-0.2, 0) is 0 Å². The fraction of sp³-hybridized carbons (Fsp3) is 0.417. The van der Waals surface area contributed by atoms with Crippen molar-refractivity contribution in [1.29, 1.82) is 0 Å². The number of carbonyl (C=O) groups is 1. The van der Waals surface area contributed by atoms with Crippen molar-refractivity contribution in [1.82, 2.24) is 10.2 Å². The number of hydrogen-bond donors (Lipinski definition) is 1. The Hall–Kier alpha value is -1.06. The Morgan fingerprint density at radius 2 is 2.00 bits per heavy atom. The second-order valence-electron chi connectivity index (χ2n) is 3.69. The molecular weight excluding hydrogens is 224 g/mol. The van der Waals surface area contributed by atoms with Crippen LogP contribution in [0, 0.1) is 0 Å². The van der Waals surface area contributed by atoms with Gasteiger partial charge in [-0.2, -0.15) is 0 Å². The lowest BCUT2D eigenvalue weighted by molar-refractivity contribution is 0.0794. The van der Waals surface area contributed by atoms with E-state index < -0.39 is 0 Å². The van der Waals surface area contributed by atoms with Gasteiger partial charge in [0.1, 0.15) is 0 Å². The molecule has 0 aromatic heterocycles. The van der Waals surface area contributed by atoms with E-state index in [0.29, 0.717) is 10.6 Å². The van der Waals surface area contributed by atoms with Gasteiger partial charge in [-0.25, -0.2) is 0 Å². The maximum atomic E-state index is 11.9. The van der Waals surface area contributed by atoms with Gasteiger partial charge in [0.15, 0.2) is 0 Å². The molecule has 0 saturated carbocycles. The molecule has 1 amide bonds. The van der Waals surface area contributed by atoms with E-state index in [4.69, 9.17) is 11.6 Å². The van der Waals surface area contributed by atoms with Gasteiger partial charge in [-0.05, 0) is 44.3 Å². The third-order valence-corrected chi connectivity index (χ3v) is 2.61. The first-order valence-electron chi connectivity index (χ1n) is 5.31. The Kier molecular flexibility index (Phi) is 5.29. The number of hydrogen-bond acceptors (Lipinski definition) is 2. The summed E-state index contributed by atoms with van der Waals surface area (Å²) in [7, 11) is 3.72. The van der Waals surface area contributed by atoms with Crippen LogP contribution in [0.5, 0.6) is 0 Å². The molecular formula is C12H17ClN2O. The minimum atomic E-state index is 0.0350. The van der Waals surface area contributed by atoms with Crippen LogP contribution in [0.1, 0.15) is 16.8 Å². The predicted octanol–water partition coefficient (Wildman–Crippen LogP) is 2.02. The third-order valence-electron chi connectivity index (χ3n) is 2.36. The van der Waals surface area contributed by atoms with Crippen molar-refractivity contribution in [3.8, 4) is 0 Å². The van der Waals surface area contributed by atoms with Crippen molar-refractivity contribution in [3.63, 3.8) is 0 Å². The van der Waals surface area contributed by atoms with E-state index >= 15 is 0 Å². The van der Waals surface area contributed by atoms with Gasteiger partial charge in [-0.3, -0.25) is 4.79 Å². The minimum Gasteiger partial charge on any atom is -0.342 e. The number of rotatable bonds is 5. The summed E-state index contributed by atoms with van der Waals surface area (Å²) in [5, 5.41) is 3.70. The number of nitrogens with zero attached hydrogens (tertiary/aromatic N) is 1. The lowest BCUT2D eigenvalue weighted by Gasteiger charge is -2.17. The fourth-order valence-corrected chi connectivity index (χ4v) is 1.53. The molecule has 16 heavy (non-hydrogen) atoms. The van der Waals surface area contributed by atoms with Gasteiger partial charge >= 0.3 is 0 Å². The van der Waals surface area contributed by atoms with Crippen molar-refractivity contribution in [2.75, 3.05) is 27.2 Å². The second-order valence-corrected chi connectivity index (χ2v) is 4.13. The molecule has 0 bridgehead atoms. The van der Waals surface area contributed by atoms with Crippen LogP contribution in [0.25, 0.3) is 0 Å². The normalized spacial score (nSPS) is 10.2. The first-order chi connectivity index (χ1) is 7.65. The molecule has 88 valence electrons. The van der Waals surface area contributed by atoms with Gasteiger partial charge in [0.05, 0.1) is 0 Å². The number of halogens is 1. The fourth-order valence-electron chi connectivity index (χ4n) is 1.41. The van der Waals surface area contributed by atoms with E-state index in [1.165, 1.54) is 0 Å². The minimum absolute atomic E-state index is 0.0350. The summed E-state index contributed by atoms with van der Waals surface area (Å²) < 4.78 is 0. The topological polar surface area (TPSA) is 32.3 Å². The van der Waals surface area contributed by atoms with E-state index in [0.717, 1.165) is 19.5 Å². The standard InChI is InChI=1S/C12H17ClN2O/c1-14-8-3-9-15(2)12(16)10-4-6-11(13)7-5-10/h4-7,14H,3,8-9H2,1-2H3. The molecule has 1 rings (SSSR count). The molecule has 0 saturated heterocycles.